The van der Waals surface area contributed by atoms with Crippen molar-refractivity contribution in [3.63, 3.8) is 0 Å². The maximum atomic E-state index is 13.1. The first-order valence-corrected chi connectivity index (χ1v) is 15.2. The third-order valence-electron chi connectivity index (χ3n) is 7.14. The Morgan fingerprint density at radius 1 is 0.600 bits per heavy atom. The lowest BCUT2D eigenvalue weighted by molar-refractivity contribution is -0.384. The second-order valence-corrected chi connectivity index (χ2v) is 10.7. The van der Waals surface area contributed by atoms with Crippen molar-refractivity contribution < 1.29 is 31.3 Å². The highest BCUT2D eigenvalue weighted by atomic mass is 19.4. The highest BCUT2D eigenvalue weighted by molar-refractivity contribution is 5.65. The van der Waals surface area contributed by atoms with Crippen LogP contribution in [0.25, 0.3) is 33.9 Å². The quantitative estimate of drug-likeness (QED) is 0.0837. The van der Waals surface area contributed by atoms with Crippen molar-refractivity contribution in [1.29, 1.82) is 0 Å². The third-order valence-corrected chi connectivity index (χ3v) is 7.14. The lowest BCUT2D eigenvalue weighted by atomic mass is 10.1. The molecule has 0 aliphatic rings. The smallest absolute Gasteiger partial charge is 0.399 e. The van der Waals surface area contributed by atoms with Crippen molar-refractivity contribution in [2.24, 2.45) is 0 Å². The zero-order chi connectivity index (χ0) is 36.8. The topological polar surface area (TPSA) is 105 Å². The zero-order valence-electron chi connectivity index (χ0n) is 27.3. The zero-order valence-corrected chi connectivity index (χ0v) is 27.3. The number of aromatic nitrogens is 4. The summed E-state index contributed by atoms with van der Waals surface area (Å²) < 4.78 is 80.8. The molecule has 0 atom stereocenters. The van der Waals surface area contributed by atoms with Gasteiger partial charge in [-0.25, -0.2) is 9.36 Å². The van der Waals surface area contributed by atoms with Gasteiger partial charge in [0, 0.05) is 28.9 Å². The van der Waals surface area contributed by atoms with E-state index < -0.39 is 28.7 Å². The molecule has 0 radical (unpaired) electrons. The molecule has 2 N–H and O–H groups in total. The maximum absolute atomic E-state index is 13.1. The highest BCUT2D eigenvalue weighted by Crippen LogP contribution is 2.35. The van der Waals surface area contributed by atoms with E-state index in [0.29, 0.717) is 33.9 Å². The number of nitrogens with zero attached hydrogens (tertiary/aromatic N) is 5. The molecule has 0 unspecified atom stereocenters. The van der Waals surface area contributed by atoms with Crippen molar-refractivity contribution in [1.82, 2.24) is 19.6 Å². The Labute approximate surface area is 283 Å². The van der Waals surface area contributed by atoms with Gasteiger partial charge in [0.25, 0.3) is 5.69 Å². The van der Waals surface area contributed by atoms with Crippen molar-refractivity contribution in [2.75, 3.05) is 5.73 Å². The number of nitro benzene ring substituents is 1. The number of hydrogen-bond donors (Lipinski definition) is 1. The lowest BCUT2D eigenvalue weighted by Gasteiger charge is -2.08. The van der Waals surface area contributed by atoms with Gasteiger partial charge >= 0.3 is 12.4 Å². The number of nitro groups is 1. The van der Waals surface area contributed by atoms with E-state index in [-0.39, 0.29) is 11.4 Å². The van der Waals surface area contributed by atoms with Crippen molar-refractivity contribution >= 4 is 11.4 Å². The number of alkyl halides is 6. The first kappa shape index (κ1) is 36.9. The molecule has 6 aromatic rings. The molecule has 260 valence electrons. The molecule has 0 saturated heterocycles. The summed E-state index contributed by atoms with van der Waals surface area (Å²) in [5, 5.41) is 18.1. The molecular formula is C36H32F6N6O2. The molecule has 0 fully saturated rings. The van der Waals surface area contributed by atoms with Crippen LogP contribution in [0.4, 0.5) is 37.7 Å². The van der Waals surface area contributed by atoms with Crippen LogP contribution in [-0.4, -0.2) is 24.5 Å². The highest BCUT2D eigenvalue weighted by Gasteiger charge is 2.36. The fourth-order valence-corrected chi connectivity index (χ4v) is 4.62. The standard InChI is InChI=1S/C17H12F3N3O2.C17H14F3N3.C2H6/c1-11-2-4-12(5-3-11)15-10-16(17(18,19)20)21-22(15)13-6-8-14(9-7-13)23(24)25;1-11-2-4-12(5-3-11)15-10-16(17(18,19)20)22-23(15)14-8-6-13(21)7-9-14;1-2/h2-10H,1H3;2-10H,21H2,1H3;1-2H3. The largest absolute Gasteiger partial charge is 0.435 e. The van der Waals surface area contributed by atoms with E-state index in [1.54, 1.807) is 60.7 Å². The molecule has 0 bridgehead atoms. The molecular weight excluding hydrogens is 662 g/mol. The van der Waals surface area contributed by atoms with Gasteiger partial charge in [0.05, 0.1) is 27.7 Å². The number of benzene rings is 4. The predicted molar refractivity (Wildman–Crippen MR) is 180 cm³/mol. The third kappa shape index (κ3) is 8.75. The second kappa shape index (κ2) is 15.1. The van der Waals surface area contributed by atoms with E-state index >= 15 is 0 Å². The Morgan fingerprint density at radius 2 is 0.940 bits per heavy atom. The summed E-state index contributed by atoms with van der Waals surface area (Å²) >= 11 is 0. The number of nitrogen functional groups attached to an aromatic ring is 1. The van der Waals surface area contributed by atoms with Crippen LogP contribution in [0, 0.1) is 24.0 Å². The van der Waals surface area contributed by atoms with Crippen LogP contribution in [0.2, 0.25) is 0 Å². The summed E-state index contributed by atoms with van der Waals surface area (Å²) in [6, 6.07) is 28.0. The Kier molecular flexibility index (Phi) is 11.1. The van der Waals surface area contributed by atoms with Gasteiger partial charge in [0.15, 0.2) is 11.4 Å². The summed E-state index contributed by atoms with van der Waals surface area (Å²) in [4.78, 5) is 10.2. The maximum Gasteiger partial charge on any atom is 0.435 e. The summed E-state index contributed by atoms with van der Waals surface area (Å²) in [5.41, 5.74) is 8.75. The van der Waals surface area contributed by atoms with Gasteiger partial charge in [-0.15, -0.1) is 0 Å². The molecule has 2 aromatic heterocycles. The molecule has 2 heterocycles. The van der Waals surface area contributed by atoms with Gasteiger partial charge in [-0.3, -0.25) is 10.1 Å². The molecule has 6 rings (SSSR count). The number of nitrogens with two attached hydrogens (primary N) is 1. The van der Waals surface area contributed by atoms with Crippen LogP contribution in [0.15, 0.2) is 109 Å². The second-order valence-electron chi connectivity index (χ2n) is 10.7. The number of halogens is 6. The number of rotatable bonds is 5. The number of aryl methyl sites for hydroxylation is 2. The first-order valence-electron chi connectivity index (χ1n) is 15.2. The minimum absolute atomic E-state index is 0.149. The molecule has 0 spiro atoms. The molecule has 0 amide bonds. The van der Waals surface area contributed by atoms with Crippen molar-refractivity contribution in [2.45, 2.75) is 40.0 Å². The molecule has 0 aliphatic carbocycles. The average molecular weight is 695 g/mol. The van der Waals surface area contributed by atoms with Gasteiger partial charge in [-0.2, -0.15) is 36.5 Å². The van der Waals surface area contributed by atoms with Crippen LogP contribution in [0.5, 0.6) is 0 Å². The van der Waals surface area contributed by atoms with E-state index in [2.05, 4.69) is 10.2 Å². The van der Waals surface area contributed by atoms with Gasteiger partial charge in [-0.05, 0) is 62.4 Å². The monoisotopic (exact) mass is 694 g/mol. The fraction of sp³-hybridized carbons (Fsp3) is 0.167. The SMILES string of the molecule is CC.Cc1ccc(-c2cc(C(F)(F)F)nn2-c2ccc(N)cc2)cc1.Cc1ccc(-c2cc(C(F)(F)F)nn2-c2ccc([N+](=O)[O-])cc2)cc1. The Bertz CT molecular complexity index is 1970. The van der Waals surface area contributed by atoms with Gasteiger partial charge < -0.3 is 5.73 Å². The molecule has 50 heavy (non-hydrogen) atoms. The van der Waals surface area contributed by atoms with Gasteiger partial charge in [-0.1, -0.05) is 73.5 Å². The Balaban J connectivity index is 0.000000215. The Morgan fingerprint density at radius 3 is 1.26 bits per heavy atom. The van der Waals surface area contributed by atoms with Crippen LogP contribution >= 0.6 is 0 Å². The van der Waals surface area contributed by atoms with E-state index in [9.17, 15) is 36.5 Å². The molecule has 14 heteroatoms. The van der Waals surface area contributed by atoms with Crippen molar-refractivity contribution in [3.05, 3.63) is 142 Å². The fourth-order valence-electron chi connectivity index (χ4n) is 4.62. The van der Waals surface area contributed by atoms with Gasteiger partial charge in [0.1, 0.15) is 0 Å². The summed E-state index contributed by atoms with van der Waals surface area (Å²) in [5.74, 6) is 0. The number of non-ortho nitro benzene ring substituents is 1. The molecule has 8 nitrogen and oxygen atoms in total. The van der Waals surface area contributed by atoms with E-state index in [0.717, 1.165) is 27.9 Å². The van der Waals surface area contributed by atoms with E-state index in [1.165, 1.54) is 28.9 Å². The molecule has 0 saturated carbocycles. The van der Waals surface area contributed by atoms with E-state index in [1.807, 2.05) is 39.8 Å². The van der Waals surface area contributed by atoms with Crippen LogP contribution in [0.1, 0.15) is 36.4 Å². The van der Waals surface area contributed by atoms with Crippen LogP contribution in [-0.2, 0) is 12.4 Å². The summed E-state index contributed by atoms with van der Waals surface area (Å²) in [6.07, 6.45) is -9.09. The average Bonchev–Trinajstić information content (AvgIpc) is 3.74. The van der Waals surface area contributed by atoms with Crippen molar-refractivity contribution in [3.8, 4) is 33.9 Å². The molecule has 0 aliphatic heterocycles. The van der Waals surface area contributed by atoms with Gasteiger partial charge in [0.2, 0.25) is 0 Å². The number of anilines is 1. The van der Waals surface area contributed by atoms with Crippen LogP contribution < -0.4 is 5.73 Å². The number of hydrogen-bond acceptors (Lipinski definition) is 5. The Hall–Kier alpha value is -5.92. The summed E-state index contributed by atoms with van der Waals surface area (Å²) in [7, 11) is 0. The first-order chi connectivity index (χ1) is 23.6. The van der Waals surface area contributed by atoms with Crippen LogP contribution in [0.3, 0.4) is 0 Å². The normalized spacial score (nSPS) is 11.2. The van der Waals surface area contributed by atoms with E-state index in [4.69, 9.17) is 5.73 Å². The predicted octanol–water partition coefficient (Wildman–Crippen LogP) is 10.2. The summed E-state index contributed by atoms with van der Waals surface area (Å²) in [6.45, 7) is 7.79. The minimum atomic E-state index is -4.59. The lowest BCUT2D eigenvalue weighted by Crippen LogP contribution is -2.07. The minimum Gasteiger partial charge on any atom is -0.399 e. The molecule has 4 aromatic carbocycles.